The molecule has 122 valence electrons. The van der Waals surface area contributed by atoms with Crippen molar-refractivity contribution in [2.24, 2.45) is 0 Å². The molecule has 2 aromatic carbocycles. The highest BCUT2D eigenvalue weighted by molar-refractivity contribution is 9.10. The van der Waals surface area contributed by atoms with Crippen LogP contribution in [0.3, 0.4) is 0 Å². The molecule has 0 saturated heterocycles. The Balaban J connectivity index is 0.000000385. The molecule has 0 fully saturated rings. The standard InChI is InChI=1S/C8H8BrFO.C7H6BrFO.CH4/c1-11-5-6-2-3-7(9)8(10)4-6;8-6-2-1-5(4-10)3-7(6)9;/h2-4H,5H2,1H3;1-3,10H,4H2;1H4. The summed E-state index contributed by atoms with van der Waals surface area (Å²) in [6, 6.07) is 9.46. The minimum Gasteiger partial charge on any atom is -0.392 e. The van der Waals surface area contributed by atoms with Crippen molar-refractivity contribution in [2.45, 2.75) is 20.6 Å². The molecule has 1 N–H and O–H groups in total. The fourth-order valence-corrected chi connectivity index (χ4v) is 1.93. The number of rotatable bonds is 3. The van der Waals surface area contributed by atoms with Crippen LogP contribution in [0.4, 0.5) is 8.78 Å². The van der Waals surface area contributed by atoms with E-state index in [0.29, 0.717) is 21.1 Å². The molecule has 0 unspecified atom stereocenters. The lowest BCUT2D eigenvalue weighted by molar-refractivity contribution is 0.184. The van der Waals surface area contributed by atoms with Crippen LogP contribution in [0.2, 0.25) is 0 Å². The van der Waals surface area contributed by atoms with Crippen LogP contribution in [0.5, 0.6) is 0 Å². The quantitative estimate of drug-likeness (QED) is 0.688. The first-order valence-electron chi connectivity index (χ1n) is 5.95. The van der Waals surface area contributed by atoms with Crippen LogP contribution in [0, 0.1) is 11.6 Å². The molecule has 0 atom stereocenters. The number of methoxy groups -OCH3 is 1. The van der Waals surface area contributed by atoms with Crippen LogP contribution < -0.4 is 0 Å². The van der Waals surface area contributed by atoms with Gasteiger partial charge in [0.25, 0.3) is 0 Å². The van der Waals surface area contributed by atoms with Crippen molar-refractivity contribution in [1.29, 1.82) is 0 Å². The molecular weight excluding hydrogens is 422 g/mol. The number of halogens is 4. The number of hydrogen-bond donors (Lipinski definition) is 1. The van der Waals surface area contributed by atoms with E-state index in [4.69, 9.17) is 9.84 Å². The zero-order chi connectivity index (χ0) is 15.8. The fraction of sp³-hybridized carbons (Fsp3) is 0.250. The van der Waals surface area contributed by atoms with Gasteiger partial charge in [-0.3, -0.25) is 0 Å². The minimum absolute atomic E-state index is 0. The number of benzene rings is 2. The van der Waals surface area contributed by atoms with E-state index in [9.17, 15) is 8.78 Å². The predicted molar refractivity (Wildman–Crippen MR) is 91.6 cm³/mol. The van der Waals surface area contributed by atoms with Gasteiger partial charge in [0, 0.05) is 7.11 Å². The third-order valence-electron chi connectivity index (χ3n) is 2.46. The molecule has 0 saturated carbocycles. The van der Waals surface area contributed by atoms with Crippen LogP contribution in [-0.4, -0.2) is 12.2 Å². The minimum atomic E-state index is -0.341. The van der Waals surface area contributed by atoms with E-state index in [0.717, 1.165) is 5.56 Å². The summed E-state index contributed by atoms with van der Waals surface area (Å²) in [5.74, 6) is -0.592. The van der Waals surface area contributed by atoms with Gasteiger partial charge < -0.3 is 9.84 Å². The lowest BCUT2D eigenvalue weighted by atomic mass is 10.2. The summed E-state index contributed by atoms with van der Waals surface area (Å²) in [5.41, 5.74) is 1.42. The Hall–Kier alpha value is -0.820. The Labute approximate surface area is 146 Å². The first-order valence-corrected chi connectivity index (χ1v) is 7.54. The van der Waals surface area contributed by atoms with E-state index in [1.54, 1.807) is 25.3 Å². The Kier molecular flexibility index (Phi) is 10.4. The highest BCUT2D eigenvalue weighted by atomic mass is 79.9. The molecule has 22 heavy (non-hydrogen) atoms. The molecule has 2 aromatic rings. The van der Waals surface area contributed by atoms with E-state index < -0.39 is 0 Å². The summed E-state index contributed by atoms with van der Waals surface area (Å²) in [7, 11) is 1.58. The van der Waals surface area contributed by atoms with Crippen molar-refractivity contribution < 1.29 is 18.6 Å². The van der Waals surface area contributed by atoms with Crippen LogP contribution in [0.1, 0.15) is 18.6 Å². The SMILES string of the molecule is C.COCc1ccc(Br)c(F)c1.OCc1ccc(Br)c(F)c1. The Morgan fingerprint density at radius 1 is 0.955 bits per heavy atom. The third-order valence-corrected chi connectivity index (χ3v) is 3.75. The van der Waals surface area contributed by atoms with E-state index >= 15 is 0 Å². The van der Waals surface area contributed by atoms with Gasteiger partial charge in [-0.2, -0.15) is 0 Å². The summed E-state index contributed by atoms with van der Waals surface area (Å²) < 4.78 is 31.2. The Bertz CT molecular complexity index is 592. The lowest BCUT2D eigenvalue weighted by Crippen LogP contribution is -1.88. The van der Waals surface area contributed by atoms with E-state index in [1.807, 2.05) is 6.07 Å². The zero-order valence-electron chi connectivity index (χ0n) is 11.2. The average Bonchev–Trinajstić information content (AvgIpc) is 2.47. The topological polar surface area (TPSA) is 29.5 Å². The van der Waals surface area contributed by atoms with Crippen LogP contribution >= 0.6 is 31.9 Å². The van der Waals surface area contributed by atoms with Gasteiger partial charge in [0.15, 0.2) is 0 Å². The molecule has 2 rings (SSSR count). The normalized spacial score (nSPS) is 9.55. The summed E-state index contributed by atoms with van der Waals surface area (Å²) in [4.78, 5) is 0. The molecule has 0 aromatic heterocycles. The first-order chi connectivity index (χ1) is 9.97. The molecule has 0 bridgehead atoms. The predicted octanol–water partition coefficient (Wildman–Crippen LogP) is 5.45. The maximum absolute atomic E-state index is 12.8. The first kappa shape index (κ1) is 21.2. The second-order valence-electron chi connectivity index (χ2n) is 4.09. The average molecular weight is 440 g/mol. The van der Waals surface area contributed by atoms with E-state index in [2.05, 4.69) is 31.9 Å². The van der Waals surface area contributed by atoms with Crippen molar-refractivity contribution in [3.05, 3.63) is 68.1 Å². The molecule has 0 aliphatic carbocycles. The van der Waals surface area contributed by atoms with Gasteiger partial charge in [-0.1, -0.05) is 19.6 Å². The Morgan fingerprint density at radius 2 is 1.41 bits per heavy atom. The van der Waals surface area contributed by atoms with Gasteiger partial charge in [-0.05, 0) is 67.3 Å². The van der Waals surface area contributed by atoms with Crippen LogP contribution in [0.25, 0.3) is 0 Å². The summed E-state index contributed by atoms with van der Waals surface area (Å²) in [5, 5.41) is 8.57. The number of aliphatic hydroxyl groups is 1. The summed E-state index contributed by atoms with van der Waals surface area (Å²) in [6.07, 6.45) is 0. The molecular formula is C16H18Br2F2O2. The lowest BCUT2D eigenvalue weighted by Gasteiger charge is -1.99. The van der Waals surface area contributed by atoms with Crippen molar-refractivity contribution >= 4 is 31.9 Å². The summed E-state index contributed by atoms with van der Waals surface area (Å²) in [6.45, 7) is 0.328. The van der Waals surface area contributed by atoms with Crippen molar-refractivity contribution in [3.63, 3.8) is 0 Å². The number of hydrogen-bond acceptors (Lipinski definition) is 2. The van der Waals surface area contributed by atoms with E-state index in [-0.39, 0.29) is 25.7 Å². The molecule has 0 aliphatic rings. The van der Waals surface area contributed by atoms with Crippen LogP contribution in [0.15, 0.2) is 45.3 Å². The second-order valence-corrected chi connectivity index (χ2v) is 5.80. The molecule has 0 spiro atoms. The van der Waals surface area contributed by atoms with E-state index in [1.165, 1.54) is 12.1 Å². The fourth-order valence-electron chi connectivity index (χ4n) is 1.43. The van der Waals surface area contributed by atoms with Crippen molar-refractivity contribution in [3.8, 4) is 0 Å². The zero-order valence-corrected chi connectivity index (χ0v) is 14.4. The Morgan fingerprint density at radius 3 is 1.82 bits per heavy atom. The van der Waals surface area contributed by atoms with Gasteiger partial charge in [0.05, 0.1) is 22.2 Å². The molecule has 2 nitrogen and oxygen atoms in total. The van der Waals surface area contributed by atoms with Gasteiger partial charge in [-0.15, -0.1) is 0 Å². The maximum atomic E-state index is 12.8. The van der Waals surface area contributed by atoms with Gasteiger partial charge in [-0.25, -0.2) is 8.78 Å². The molecule has 0 heterocycles. The number of ether oxygens (including phenoxy) is 1. The molecule has 0 aliphatic heterocycles. The highest BCUT2D eigenvalue weighted by Gasteiger charge is 1.99. The number of aliphatic hydroxyl groups excluding tert-OH is 1. The second kappa shape index (κ2) is 10.8. The van der Waals surface area contributed by atoms with Crippen molar-refractivity contribution in [2.75, 3.05) is 7.11 Å². The molecule has 0 amide bonds. The third kappa shape index (κ3) is 6.96. The summed E-state index contributed by atoms with van der Waals surface area (Å²) >= 11 is 6.07. The van der Waals surface area contributed by atoms with Crippen molar-refractivity contribution in [1.82, 2.24) is 0 Å². The van der Waals surface area contributed by atoms with Gasteiger partial charge in [0.2, 0.25) is 0 Å². The maximum Gasteiger partial charge on any atom is 0.137 e. The van der Waals surface area contributed by atoms with Gasteiger partial charge >= 0.3 is 0 Å². The van der Waals surface area contributed by atoms with Gasteiger partial charge in [0.1, 0.15) is 11.6 Å². The smallest absolute Gasteiger partial charge is 0.137 e. The molecule has 6 heteroatoms. The van der Waals surface area contributed by atoms with Crippen LogP contribution in [-0.2, 0) is 18.0 Å². The monoisotopic (exact) mass is 438 g/mol. The largest absolute Gasteiger partial charge is 0.392 e. The highest BCUT2D eigenvalue weighted by Crippen LogP contribution is 2.17. The molecule has 0 radical (unpaired) electrons.